The molecule has 0 atom stereocenters. The van der Waals surface area contributed by atoms with Crippen molar-refractivity contribution in [1.82, 2.24) is 5.32 Å². The molecule has 0 radical (unpaired) electrons. The summed E-state index contributed by atoms with van der Waals surface area (Å²) in [5, 5.41) is 12.0. The second-order valence-electron chi connectivity index (χ2n) is 4.56. The molecule has 1 heterocycles. The van der Waals surface area contributed by atoms with Crippen LogP contribution in [0.1, 0.15) is 33.0 Å². The number of hydrogen-bond acceptors (Lipinski definition) is 3. The van der Waals surface area contributed by atoms with Gasteiger partial charge in [-0.1, -0.05) is 12.1 Å². The minimum atomic E-state index is -0.139. The Morgan fingerprint density at radius 3 is 2.32 bits per heavy atom. The molecular formula is C15H17NO3. The average Bonchev–Trinajstić information content (AvgIpc) is 2.62. The molecule has 1 aromatic carbocycles. The predicted octanol–water partition coefficient (Wildman–Crippen LogP) is 2.84. The number of carbonyl (C=O) groups is 1. The number of hydrogen-bond donors (Lipinski definition) is 2. The summed E-state index contributed by atoms with van der Waals surface area (Å²) < 4.78 is 5.44. The van der Waals surface area contributed by atoms with Crippen LogP contribution in [0.2, 0.25) is 0 Å². The molecule has 0 aliphatic carbocycles. The van der Waals surface area contributed by atoms with Gasteiger partial charge in [-0.3, -0.25) is 4.79 Å². The first-order valence-electron chi connectivity index (χ1n) is 6.11. The summed E-state index contributed by atoms with van der Waals surface area (Å²) in [6.45, 7) is 5.93. The number of amides is 1. The van der Waals surface area contributed by atoms with Crippen LogP contribution in [-0.4, -0.2) is 11.0 Å². The van der Waals surface area contributed by atoms with Crippen LogP contribution in [0, 0.1) is 20.8 Å². The summed E-state index contributed by atoms with van der Waals surface area (Å²) in [6.07, 6.45) is 0. The maximum atomic E-state index is 12.1. The van der Waals surface area contributed by atoms with Crippen LogP contribution < -0.4 is 5.32 Å². The third-order valence-electron chi connectivity index (χ3n) is 3.18. The largest absolute Gasteiger partial charge is 0.508 e. The Labute approximate surface area is 112 Å². The molecule has 0 saturated carbocycles. The number of furan rings is 1. The molecule has 0 fully saturated rings. The van der Waals surface area contributed by atoms with Crippen LogP contribution in [0.5, 0.6) is 5.75 Å². The Bertz CT molecular complexity index is 597. The lowest BCUT2D eigenvalue weighted by molar-refractivity contribution is 0.0949. The fraction of sp³-hybridized carbons (Fsp3) is 0.267. The molecule has 2 rings (SSSR count). The molecule has 100 valence electrons. The van der Waals surface area contributed by atoms with Gasteiger partial charge in [0.15, 0.2) is 0 Å². The molecule has 2 N–H and O–H groups in total. The number of aromatic hydroxyl groups is 1. The number of phenols is 1. The Balaban J connectivity index is 2.07. The predicted molar refractivity (Wildman–Crippen MR) is 72.2 cm³/mol. The topological polar surface area (TPSA) is 62.5 Å². The molecule has 0 unspecified atom stereocenters. The van der Waals surface area contributed by atoms with Gasteiger partial charge in [-0.25, -0.2) is 0 Å². The third kappa shape index (κ3) is 2.78. The molecule has 0 saturated heterocycles. The van der Waals surface area contributed by atoms with Crippen molar-refractivity contribution in [3.05, 3.63) is 52.5 Å². The van der Waals surface area contributed by atoms with E-state index in [-0.39, 0.29) is 11.7 Å². The highest BCUT2D eigenvalue weighted by atomic mass is 16.3. The van der Waals surface area contributed by atoms with E-state index in [4.69, 9.17) is 4.42 Å². The summed E-state index contributed by atoms with van der Waals surface area (Å²) >= 11 is 0. The summed E-state index contributed by atoms with van der Waals surface area (Å²) in [5.74, 6) is 1.48. The van der Waals surface area contributed by atoms with E-state index in [9.17, 15) is 9.90 Å². The van der Waals surface area contributed by atoms with Gasteiger partial charge in [-0.2, -0.15) is 0 Å². The number of benzene rings is 1. The molecule has 4 nitrogen and oxygen atoms in total. The van der Waals surface area contributed by atoms with E-state index in [1.165, 1.54) is 0 Å². The third-order valence-corrected chi connectivity index (χ3v) is 3.18. The molecule has 19 heavy (non-hydrogen) atoms. The summed E-state index contributed by atoms with van der Waals surface area (Å²) in [5.41, 5.74) is 2.42. The van der Waals surface area contributed by atoms with Crippen LogP contribution in [0.25, 0.3) is 0 Å². The van der Waals surface area contributed by atoms with E-state index in [1.807, 2.05) is 13.8 Å². The lowest BCUT2D eigenvalue weighted by Crippen LogP contribution is -2.23. The zero-order valence-electron chi connectivity index (χ0n) is 11.3. The molecule has 1 amide bonds. The number of rotatable bonds is 3. The van der Waals surface area contributed by atoms with Gasteiger partial charge in [-0.15, -0.1) is 0 Å². The van der Waals surface area contributed by atoms with Gasteiger partial charge in [-0.05, 0) is 38.5 Å². The van der Waals surface area contributed by atoms with E-state index in [1.54, 1.807) is 31.2 Å². The van der Waals surface area contributed by atoms with Crippen molar-refractivity contribution in [3.8, 4) is 5.75 Å². The fourth-order valence-electron chi connectivity index (χ4n) is 2.01. The van der Waals surface area contributed by atoms with Crippen LogP contribution in [-0.2, 0) is 6.54 Å². The molecule has 4 heteroatoms. The second-order valence-corrected chi connectivity index (χ2v) is 4.56. The van der Waals surface area contributed by atoms with E-state index in [2.05, 4.69) is 5.32 Å². The van der Waals surface area contributed by atoms with Gasteiger partial charge >= 0.3 is 0 Å². The van der Waals surface area contributed by atoms with E-state index in [0.29, 0.717) is 17.9 Å². The Hall–Kier alpha value is -2.23. The van der Waals surface area contributed by atoms with Gasteiger partial charge in [0.25, 0.3) is 5.91 Å². The molecule has 0 spiro atoms. The van der Waals surface area contributed by atoms with Crippen molar-refractivity contribution in [2.75, 3.05) is 0 Å². The van der Waals surface area contributed by atoms with Gasteiger partial charge in [0.1, 0.15) is 17.3 Å². The minimum Gasteiger partial charge on any atom is -0.508 e. The lowest BCUT2D eigenvalue weighted by atomic mass is 10.1. The Kier molecular flexibility index (Phi) is 3.60. The Morgan fingerprint density at radius 1 is 1.16 bits per heavy atom. The van der Waals surface area contributed by atoms with E-state index < -0.39 is 0 Å². The van der Waals surface area contributed by atoms with Crippen molar-refractivity contribution in [2.24, 2.45) is 0 Å². The van der Waals surface area contributed by atoms with Crippen molar-refractivity contribution in [2.45, 2.75) is 27.3 Å². The van der Waals surface area contributed by atoms with Gasteiger partial charge < -0.3 is 14.8 Å². The highest BCUT2D eigenvalue weighted by molar-refractivity contribution is 5.96. The monoisotopic (exact) mass is 259 g/mol. The smallest absolute Gasteiger partial charge is 0.255 e. The second kappa shape index (κ2) is 5.18. The lowest BCUT2D eigenvalue weighted by Gasteiger charge is -2.05. The Morgan fingerprint density at radius 2 is 1.79 bits per heavy atom. The number of aryl methyl sites for hydroxylation is 2. The first-order valence-corrected chi connectivity index (χ1v) is 6.11. The molecule has 2 aromatic rings. The van der Waals surface area contributed by atoms with E-state index >= 15 is 0 Å². The van der Waals surface area contributed by atoms with Crippen LogP contribution in [0.4, 0.5) is 0 Å². The first kappa shape index (κ1) is 13.2. The van der Waals surface area contributed by atoms with Crippen molar-refractivity contribution >= 4 is 5.91 Å². The maximum absolute atomic E-state index is 12.1. The van der Waals surface area contributed by atoms with Gasteiger partial charge in [0.2, 0.25) is 0 Å². The van der Waals surface area contributed by atoms with Crippen molar-refractivity contribution < 1.29 is 14.3 Å². The first-order chi connectivity index (χ1) is 8.99. The maximum Gasteiger partial charge on any atom is 0.255 e. The standard InChI is InChI=1S/C15H17NO3/c1-9-10(2)19-11(3)14(9)15(18)16-8-12-4-6-13(17)7-5-12/h4-7,17H,8H2,1-3H3,(H,16,18). The SMILES string of the molecule is Cc1oc(C)c(C(=O)NCc2ccc(O)cc2)c1C. The quantitative estimate of drug-likeness (QED) is 0.891. The molecule has 0 bridgehead atoms. The van der Waals surface area contributed by atoms with Crippen LogP contribution >= 0.6 is 0 Å². The van der Waals surface area contributed by atoms with Crippen LogP contribution in [0.3, 0.4) is 0 Å². The summed E-state index contributed by atoms with van der Waals surface area (Å²) in [6, 6.07) is 6.74. The highest BCUT2D eigenvalue weighted by Crippen LogP contribution is 2.20. The van der Waals surface area contributed by atoms with Gasteiger partial charge in [0.05, 0.1) is 5.56 Å². The van der Waals surface area contributed by atoms with Crippen molar-refractivity contribution in [3.63, 3.8) is 0 Å². The zero-order chi connectivity index (χ0) is 14.0. The van der Waals surface area contributed by atoms with Crippen molar-refractivity contribution in [1.29, 1.82) is 0 Å². The van der Waals surface area contributed by atoms with Gasteiger partial charge in [0, 0.05) is 12.1 Å². The number of phenolic OH excluding ortho intramolecular Hbond substituents is 1. The number of carbonyl (C=O) groups excluding carboxylic acids is 1. The summed E-state index contributed by atoms with van der Waals surface area (Å²) in [7, 11) is 0. The molecule has 1 aromatic heterocycles. The molecular weight excluding hydrogens is 242 g/mol. The molecule has 0 aliphatic rings. The average molecular weight is 259 g/mol. The zero-order valence-corrected chi connectivity index (χ0v) is 11.3. The van der Waals surface area contributed by atoms with E-state index in [0.717, 1.165) is 16.9 Å². The number of nitrogens with one attached hydrogen (secondary N) is 1. The normalized spacial score (nSPS) is 10.5. The van der Waals surface area contributed by atoms with Crippen LogP contribution in [0.15, 0.2) is 28.7 Å². The minimum absolute atomic E-state index is 0.139. The molecule has 0 aliphatic heterocycles. The summed E-state index contributed by atoms with van der Waals surface area (Å²) in [4.78, 5) is 12.1. The highest BCUT2D eigenvalue weighted by Gasteiger charge is 2.17. The fourth-order valence-corrected chi connectivity index (χ4v) is 2.01.